The van der Waals surface area contributed by atoms with Gasteiger partial charge in [0, 0.05) is 5.75 Å². The summed E-state index contributed by atoms with van der Waals surface area (Å²) < 4.78 is 36.6. The van der Waals surface area contributed by atoms with Gasteiger partial charge in [0.1, 0.15) is 0 Å². The van der Waals surface area contributed by atoms with Gasteiger partial charge in [-0.05, 0) is 24.0 Å². The van der Waals surface area contributed by atoms with Crippen molar-refractivity contribution in [3.63, 3.8) is 0 Å². The van der Waals surface area contributed by atoms with E-state index < -0.39 is 17.8 Å². The van der Waals surface area contributed by atoms with Crippen molar-refractivity contribution in [2.75, 3.05) is 12.0 Å². The minimum atomic E-state index is -4.32. The van der Waals surface area contributed by atoms with E-state index >= 15 is 0 Å². The van der Waals surface area contributed by atoms with Crippen LogP contribution < -0.4 is 0 Å². The molecule has 1 N–H and O–H groups in total. The molecule has 0 aliphatic carbocycles. The molecule has 15 heavy (non-hydrogen) atoms. The largest absolute Gasteiger partial charge is 0.416 e. The van der Waals surface area contributed by atoms with Crippen LogP contribution in [0.5, 0.6) is 0 Å². The van der Waals surface area contributed by atoms with Gasteiger partial charge in [0.05, 0.1) is 11.7 Å². The molecular weight excluding hydrogens is 225 g/mol. The first-order chi connectivity index (χ1) is 6.95. The van der Waals surface area contributed by atoms with Crippen molar-refractivity contribution in [1.82, 2.24) is 0 Å². The second-order valence-electron chi connectivity index (χ2n) is 3.09. The standard InChI is InChI=1S/C10H11F3OS/c1-15-6-9(14)7-2-4-8(5-3-7)10(11,12)13/h2-5,9,14H,6H2,1H3/t9-/m0/s1. The lowest BCUT2D eigenvalue weighted by Crippen LogP contribution is -2.06. The van der Waals surface area contributed by atoms with Gasteiger partial charge in [-0.25, -0.2) is 0 Å². The Balaban J connectivity index is 2.81. The van der Waals surface area contributed by atoms with Gasteiger partial charge in [0.15, 0.2) is 0 Å². The average Bonchev–Trinajstić information content (AvgIpc) is 2.17. The number of rotatable bonds is 3. The number of hydrogen-bond acceptors (Lipinski definition) is 2. The molecule has 0 saturated carbocycles. The lowest BCUT2D eigenvalue weighted by atomic mass is 10.1. The summed E-state index contributed by atoms with van der Waals surface area (Å²) in [4.78, 5) is 0. The summed E-state index contributed by atoms with van der Waals surface area (Å²) in [5.74, 6) is 0.478. The number of thioether (sulfide) groups is 1. The van der Waals surface area contributed by atoms with Crippen LogP contribution in [0.3, 0.4) is 0 Å². The van der Waals surface area contributed by atoms with Crippen LogP contribution in [0.2, 0.25) is 0 Å². The van der Waals surface area contributed by atoms with Crippen LogP contribution in [0.1, 0.15) is 17.2 Å². The van der Waals surface area contributed by atoms with Gasteiger partial charge in [-0.3, -0.25) is 0 Å². The molecule has 1 nitrogen and oxygen atoms in total. The van der Waals surface area contributed by atoms with Crippen molar-refractivity contribution in [2.24, 2.45) is 0 Å². The fourth-order valence-corrected chi connectivity index (χ4v) is 1.66. The molecule has 1 atom stereocenters. The Bertz CT molecular complexity index is 307. The third-order valence-electron chi connectivity index (χ3n) is 1.95. The van der Waals surface area contributed by atoms with Gasteiger partial charge in [-0.1, -0.05) is 12.1 Å². The monoisotopic (exact) mass is 236 g/mol. The molecule has 0 bridgehead atoms. The van der Waals surface area contributed by atoms with E-state index in [1.165, 1.54) is 23.9 Å². The maximum atomic E-state index is 12.2. The van der Waals surface area contributed by atoms with E-state index in [2.05, 4.69) is 0 Å². The number of hydrogen-bond donors (Lipinski definition) is 1. The molecule has 0 heterocycles. The van der Waals surface area contributed by atoms with Crippen LogP contribution in [0.4, 0.5) is 13.2 Å². The molecule has 0 aliphatic rings. The molecule has 0 amide bonds. The molecule has 1 aromatic carbocycles. The second-order valence-corrected chi connectivity index (χ2v) is 4.00. The molecule has 0 radical (unpaired) electrons. The first kappa shape index (κ1) is 12.4. The predicted molar refractivity (Wildman–Crippen MR) is 54.8 cm³/mol. The number of aliphatic hydroxyl groups is 1. The first-order valence-corrected chi connectivity index (χ1v) is 5.68. The summed E-state index contributed by atoms with van der Waals surface area (Å²) in [5.41, 5.74) is -0.181. The van der Waals surface area contributed by atoms with Gasteiger partial charge in [0.2, 0.25) is 0 Å². The smallest absolute Gasteiger partial charge is 0.388 e. The fraction of sp³-hybridized carbons (Fsp3) is 0.400. The maximum Gasteiger partial charge on any atom is 0.416 e. The second kappa shape index (κ2) is 4.90. The predicted octanol–water partition coefficient (Wildman–Crippen LogP) is 3.10. The van der Waals surface area contributed by atoms with E-state index in [9.17, 15) is 18.3 Å². The molecule has 0 aromatic heterocycles. The summed E-state index contributed by atoms with van der Waals surface area (Å²) in [6, 6.07) is 4.59. The Hall–Kier alpha value is -0.680. The normalized spacial score (nSPS) is 13.9. The first-order valence-electron chi connectivity index (χ1n) is 4.29. The topological polar surface area (TPSA) is 20.2 Å². The van der Waals surface area contributed by atoms with Crippen molar-refractivity contribution in [1.29, 1.82) is 0 Å². The van der Waals surface area contributed by atoms with Crippen molar-refractivity contribution in [3.05, 3.63) is 35.4 Å². The van der Waals surface area contributed by atoms with Crippen LogP contribution in [-0.4, -0.2) is 17.1 Å². The highest BCUT2D eigenvalue weighted by atomic mass is 32.2. The Morgan fingerprint density at radius 2 is 1.80 bits per heavy atom. The lowest BCUT2D eigenvalue weighted by molar-refractivity contribution is -0.137. The average molecular weight is 236 g/mol. The van der Waals surface area contributed by atoms with E-state index in [0.29, 0.717) is 11.3 Å². The highest BCUT2D eigenvalue weighted by molar-refractivity contribution is 7.98. The van der Waals surface area contributed by atoms with Crippen LogP contribution >= 0.6 is 11.8 Å². The number of alkyl halides is 3. The summed E-state index contributed by atoms with van der Waals surface area (Å²) >= 11 is 1.44. The van der Waals surface area contributed by atoms with E-state index in [1.807, 2.05) is 6.26 Å². The molecule has 0 spiro atoms. The molecule has 84 valence electrons. The Labute approximate surface area is 90.3 Å². The zero-order valence-electron chi connectivity index (χ0n) is 8.08. The summed E-state index contributed by atoms with van der Waals surface area (Å²) in [7, 11) is 0. The van der Waals surface area contributed by atoms with Crippen molar-refractivity contribution in [2.45, 2.75) is 12.3 Å². The summed E-state index contributed by atoms with van der Waals surface area (Å²) in [5, 5.41) is 9.51. The van der Waals surface area contributed by atoms with Crippen LogP contribution in [0, 0.1) is 0 Å². The van der Waals surface area contributed by atoms with Crippen LogP contribution in [-0.2, 0) is 6.18 Å². The molecule has 5 heteroatoms. The van der Waals surface area contributed by atoms with Crippen LogP contribution in [0.25, 0.3) is 0 Å². The minimum Gasteiger partial charge on any atom is -0.388 e. The number of aliphatic hydroxyl groups excluding tert-OH is 1. The SMILES string of the molecule is CSC[C@H](O)c1ccc(C(F)(F)F)cc1. The van der Waals surface area contributed by atoms with Crippen molar-refractivity contribution in [3.8, 4) is 0 Å². The zero-order valence-corrected chi connectivity index (χ0v) is 8.90. The highest BCUT2D eigenvalue weighted by Crippen LogP contribution is 2.30. The van der Waals surface area contributed by atoms with E-state index in [0.717, 1.165) is 12.1 Å². The molecular formula is C10H11F3OS. The number of halogens is 3. The maximum absolute atomic E-state index is 12.2. The van der Waals surface area contributed by atoms with E-state index in [-0.39, 0.29) is 0 Å². The Morgan fingerprint density at radius 1 is 1.27 bits per heavy atom. The van der Waals surface area contributed by atoms with Gasteiger partial charge in [-0.15, -0.1) is 0 Å². The van der Waals surface area contributed by atoms with E-state index in [4.69, 9.17) is 0 Å². The van der Waals surface area contributed by atoms with Gasteiger partial charge in [-0.2, -0.15) is 24.9 Å². The summed E-state index contributed by atoms with van der Waals surface area (Å²) in [6.45, 7) is 0. The molecule has 1 rings (SSSR count). The van der Waals surface area contributed by atoms with E-state index in [1.54, 1.807) is 0 Å². The molecule has 0 unspecified atom stereocenters. The zero-order chi connectivity index (χ0) is 11.5. The molecule has 1 aromatic rings. The summed E-state index contributed by atoms with van der Waals surface area (Å²) in [6.07, 6.45) is -3.20. The van der Waals surface area contributed by atoms with Crippen molar-refractivity contribution < 1.29 is 18.3 Å². The van der Waals surface area contributed by atoms with Crippen LogP contribution in [0.15, 0.2) is 24.3 Å². The lowest BCUT2D eigenvalue weighted by Gasteiger charge is -2.11. The van der Waals surface area contributed by atoms with Crippen molar-refractivity contribution >= 4 is 11.8 Å². The molecule has 0 aliphatic heterocycles. The third kappa shape index (κ3) is 3.43. The molecule has 0 fully saturated rings. The van der Waals surface area contributed by atoms with Gasteiger partial charge >= 0.3 is 6.18 Å². The fourth-order valence-electron chi connectivity index (χ4n) is 1.15. The minimum absolute atomic E-state index is 0.478. The Kier molecular flexibility index (Phi) is 4.04. The Morgan fingerprint density at radius 3 is 2.20 bits per heavy atom. The van der Waals surface area contributed by atoms with Gasteiger partial charge < -0.3 is 5.11 Å². The highest BCUT2D eigenvalue weighted by Gasteiger charge is 2.30. The quantitative estimate of drug-likeness (QED) is 0.870. The third-order valence-corrected chi connectivity index (χ3v) is 2.60. The number of benzene rings is 1. The van der Waals surface area contributed by atoms with Gasteiger partial charge in [0.25, 0.3) is 0 Å². The molecule has 0 saturated heterocycles.